The SMILES string of the molecule is Cc1ccc(-c2cc(C(F)(F)F)nn2-c2ccc(S(N)(=O)=O)cc2)cc1.Cc1onc(-c2ccccc2)c1-c1ccc(S(N)(=O)=O)cc1. The molecule has 15 heteroatoms. The van der Waals surface area contributed by atoms with E-state index < -0.39 is 31.9 Å². The van der Waals surface area contributed by atoms with Crippen LogP contribution in [0.25, 0.3) is 39.3 Å². The lowest BCUT2D eigenvalue weighted by atomic mass is 10.00. The first-order valence-corrected chi connectivity index (χ1v) is 17.1. The highest BCUT2D eigenvalue weighted by atomic mass is 32.2. The number of benzene rings is 4. The molecule has 0 saturated heterocycles. The first-order valence-electron chi connectivity index (χ1n) is 14.0. The molecule has 248 valence electrons. The van der Waals surface area contributed by atoms with Gasteiger partial charge in [-0.05, 0) is 61.9 Å². The van der Waals surface area contributed by atoms with E-state index in [1.165, 1.54) is 36.4 Å². The molecule has 2 heterocycles. The van der Waals surface area contributed by atoms with Gasteiger partial charge in [0.05, 0.1) is 26.7 Å². The Bertz CT molecular complexity index is 2270. The quantitative estimate of drug-likeness (QED) is 0.201. The van der Waals surface area contributed by atoms with Gasteiger partial charge in [-0.25, -0.2) is 31.8 Å². The fraction of sp³-hybridized carbons (Fsp3) is 0.0909. The van der Waals surface area contributed by atoms with Crippen LogP contribution in [0.5, 0.6) is 0 Å². The van der Waals surface area contributed by atoms with Crippen molar-refractivity contribution in [3.05, 3.63) is 126 Å². The second-order valence-corrected chi connectivity index (χ2v) is 13.7. The summed E-state index contributed by atoms with van der Waals surface area (Å²) in [7, 11) is -7.60. The zero-order valence-electron chi connectivity index (χ0n) is 25.4. The van der Waals surface area contributed by atoms with E-state index in [0.29, 0.717) is 11.3 Å². The van der Waals surface area contributed by atoms with Gasteiger partial charge in [0.25, 0.3) is 0 Å². The van der Waals surface area contributed by atoms with Gasteiger partial charge in [0.15, 0.2) is 5.69 Å². The average Bonchev–Trinajstić information content (AvgIpc) is 3.66. The van der Waals surface area contributed by atoms with E-state index in [0.717, 1.165) is 38.7 Å². The van der Waals surface area contributed by atoms with Gasteiger partial charge in [0.1, 0.15) is 11.5 Å². The standard InChI is InChI=1S/C17H14F3N3O2S.C16H14N2O3S/c1-11-2-4-12(5-3-11)15-10-16(17(18,19)20)22-23(15)13-6-8-14(9-7-13)26(21,24)25;1-11-15(12-7-9-14(10-8-12)22(17,19)20)16(18-21-11)13-5-3-2-4-6-13/h2-10H,1H3,(H2,21,24,25);2-10H,1H3,(H2,17,19,20). The highest BCUT2D eigenvalue weighted by Crippen LogP contribution is 2.35. The Morgan fingerprint density at radius 1 is 0.688 bits per heavy atom. The number of aryl methyl sites for hydroxylation is 2. The number of rotatable bonds is 6. The van der Waals surface area contributed by atoms with Crippen molar-refractivity contribution in [2.45, 2.75) is 29.8 Å². The molecule has 0 atom stereocenters. The lowest BCUT2D eigenvalue weighted by Crippen LogP contribution is -2.12. The van der Waals surface area contributed by atoms with Crippen molar-refractivity contribution in [2.24, 2.45) is 10.3 Å². The molecule has 0 fully saturated rings. The smallest absolute Gasteiger partial charge is 0.360 e. The molecule has 48 heavy (non-hydrogen) atoms. The van der Waals surface area contributed by atoms with Crippen LogP contribution in [0.3, 0.4) is 0 Å². The highest BCUT2D eigenvalue weighted by Gasteiger charge is 2.35. The van der Waals surface area contributed by atoms with Gasteiger partial charge in [-0.3, -0.25) is 0 Å². The van der Waals surface area contributed by atoms with E-state index in [4.69, 9.17) is 14.8 Å². The summed E-state index contributed by atoms with van der Waals surface area (Å²) < 4.78 is 91.2. The minimum Gasteiger partial charge on any atom is -0.360 e. The van der Waals surface area contributed by atoms with Crippen LogP contribution in [0.4, 0.5) is 13.2 Å². The minimum atomic E-state index is -4.61. The molecule has 4 N–H and O–H groups in total. The number of nitrogens with zero attached hydrogens (tertiary/aromatic N) is 3. The average molecular weight is 696 g/mol. The van der Waals surface area contributed by atoms with Crippen molar-refractivity contribution in [3.63, 3.8) is 0 Å². The fourth-order valence-corrected chi connectivity index (χ4v) is 5.77. The monoisotopic (exact) mass is 695 g/mol. The van der Waals surface area contributed by atoms with Crippen LogP contribution in [0, 0.1) is 13.8 Å². The molecule has 0 spiro atoms. The van der Waals surface area contributed by atoms with Gasteiger partial charge in [0, 0.05) is 11.1 Å². The van der Waals surface area contributed by atoms with E-state index in [9.17, 15) is 30.0 Å². The second-order valence-electron chi connectivity index (χ2n) is 10.6. The zero-order valence-corrected chi connectivity index (χ0v) is 27.0. The minimum absolute atomic E-state index is 0.0756. The molecule has 0 radical (unpaired) electrons. The van der Waals surface area contributed by atoms with Gasteiger partial charge in [-0.1, -0.05) is 77.5 Å². The lowest BCUT2D eigenvalue weighted by molar-refractivity contribution is -0.141. The molecular formula is C33H28F3N5O5S2. The first kappa shape index (κ1) is 34.3. The molecule has 0 amide bonds. The van der Waals surface area contributed by atoms with Gasteiger partial charge in [0.2, 0.25) is 20.0 Å². The zero-order chi connectivity index (χ0) is 34.9. The molecule has 4 aromatic carbocycles. The Labute approximate surface area is 274 Å². The van der Waals surface area contributed by atoms with Crippen LogP contribution in [-0.2, 0) is 26.2 Å². The molecule has 0 saturated carbocycles. The molecule has 0 aliphatic carbocycles. The molecule has 2 aromatic heterocycles. The Kier molecular flexibility index (Phi) is 9.42. The molecule has 0 aliphatic rings. The van der Waals surface area contributed by atoms with Crippen molar-refractivity contribution in [1.29, 1.82) is 0 Å². The van der Waals surface area contributed by atoms with Crippen molar-refractivity contribution in [3.8, 4) is 39.3 Å². The number of nitrogens with two attached hydrogens (primary N) is 2. The highest BCUT2D eigenvalue weighted by molar-refractivity contribution is 7.89. The Morgan fingerprint density at radius 3 is 1.73 bits per heavy atom. The van der Waals surface area contributed by atoms with E-state index in [1.54, 1.807) is 36.4 Å². The number of sulfonamides is 2. The molecule has 10 nitrogen and oxygen atoms in total. The summed E-state index contributed by atoms with van der Waals surface area (Å²) in [5.41, 5.74) is 4.32. The van der Waals surface area contributed by atoms with Crippen molar-refractivity contribution < 1.29 is 34.5 Å². The number of primary sulfonamides is 2. The van der Waals surface area contributed by atoms with Gasteiger partial charge in [-0.2, -0.15) is 18.3 Å². The summed E-state index contributed by atoms with van der Waals surface area (Å²) in [6, 6.07) is 29.1. The Morgan fingerprint density at radius 2 is 1.21 bits per heavy atom. The maximum Gasteiger partial charge on any atom is 0.435 e. The molecule has 0 bridgehead atoms. The summed E-state index contributed by atoms with van der Waals surface area (Å²) in [5, 5.41) is 17.9. The topological polar surface area (TPSA) is 164 Å². The number of alkyl halides is 3. The normalized spacial score (nSPS) is 12.0. The maximum atomic E-state index is 13.1. The third kappa shape index (κ3) is 7.71. The molecular weight excluding hydrogens is 668 g/mol. The summed E-state index contributed by atoms with van der Waals surface area (Å²) >= 11 is 0. The van der Waals surface area contributed by atoms with E-state index in [2.05, 4.69) is 10.3 Å². The van der Waals surface area contributed by atoms with Crippen molar-refractivity contribution in [1.82, 2.24) is 14.9 Å². The second kappa shape index (κ2) is 13.2. The van der Waals surface area contributed by atoms with Gasteiger partial charge >= 0.3 is 6.18 Å². The van der Waals surface area contributed by atoms with Crippen LogP contribution in [0.1, 0.15) is 17.0 Å². The molecule has 0 aliphatic heterocycles. The van der Waals surface area contributed by atoms with Crippen molar-refractivity contribution >= 4 is 20.0 Å². The maximum absolute atomic E-state index is 13.1. The van der Waals surface area contributed by atoms with Crippen LogP contribution >= 0.6 is 0 Å². The number of hydrogen-bond acceptors (Lipinski definition) is 7. The van der Waals surface area contributed by atoms with Crippen LogP contribution in [-0.4, -0.2) is 31.8 Å². The molecule has 0 unspecified atom stereocenters. The number of hydrogen-bond donors (Lipinski definition) is 2. The van der Waals surface area contributed by atoms with E-state index in [1.807, 2.05) is 44.2 Å². The first-order chi connectivity index (χ1) is 22.5. The van der Waals surface area contributed by atoms with Gasteiger partial charge < -0.3 is 4.52 Å². The summed E-state index contributed by atoms with van der Waals surface area (Å²) in [6.45, 7) is 3.69. The number of aromatic nitrogens is 3. The third-order valence-corrected chi connectivity index (χ3v) is 9.00. The lowest BCUT2D eigenvalue weighted by Gasteiger charge is -2.09. The fourth-order valence-electron chi connectivity index (χ4n) is 4.74. The Hall–Kier alpha value is -5.09. The van der Waals surface area contributed by atoms with Crippen LogP contribution in [0.2, 0.25) is 0 Å². The van der Waals surface area contributed by atoms with E-state index >= 15 is 0 Å². The summed E-state index contributed by atoms with van der Waals surface area (Å²) in [5.74, 6) is 0.669. The summed E-state index contributed by atoms with van der Waals surface area (Å²) in [6.07, 6.45) is -4.61. The third-order valence-electron chi connectivity index (χ3n) is 7.14. The van der Waals surface area contributed by atoms with Gasteiger partial charge in [-0.15, -0.1) is 0 Å². The summed E-state index contributed by atoms with van der Waals surface area (Å²) in [4.78, 5) is -0.0621. The van der Waals surface area contributed by atoms with Crippen molar-refractivity contribution in [2.75, 3.05) is 0 Å². The van der Waals surface area contributed by atoms with Crippen LogP contribution < -0.4 is 10.3 Å². The molecule has 6 rings (SSSR count). The number of halogens is 3. The predicted octanol–water partition coefficient (Wildman–Crippen LogP) is 6.48. The van der Waals surface area contributed by atoms with Crippen LogP contribution in [0.15, 0.2) is 124 Å². The van der Waals surface area contributed by atoms with E-state index in [-0.39, 0.29) is 21.2 Å². The molecule has 6 aromatic rings. The predicted molar refractivity (Wildman–Crippen MR) is 174 cm³/mol. The largest absolute Gasteiger partial charge is 0.435 e. The Balaban J connectivity index is 0.000000190.